The smallest absolute Gasteiger partial charge is 0.240 e. The van der Waals surface area contributed by atoms with Gasteiger partial charge in [-0.3, -0.25) is 0 Å². The van der Waals surface area contributed by atoms with Crippen LogP contribution < -0.4 is 14.9 Å². The minimum atomic E-state index is -3.52. The van der Waals surface area contributed by atoms with Crippen molar-refractivity contribution in [1.29, 1.82) is 0 Å². The van der Waals surface area contributed by atoms with Gasteiger partial charge in [-0.15, -0.1) is 0 Å². The molecule has 1 aromatic heterocycles. The van der Waals surface area contributed by atoms with Gasteiger partial charge in [0, 0.05) is 36.7 Å². The molecule has 3 rings (SSSR count). The molecule has 0 aliphatic carbocycles. The van der Waals surface area contributed by atoms with E-state index < -0.39 is 10.0 Å². The van der Waals surface area contributed by atoms with Crippen molar-refractivity contribution in [3.05, 3.63) is 40.6 Å². The van der Waals surface area contributed by atoms with E-state index in [2.05, 4.69) is 40.8 Å². The Balaban J connectivity index is 1.55. The lowest BCUT2D eigenvalue weighted by Gasteiger charge is -2.28. The Kier molecular flexibility index (Phi) is 6.67. The number of aromatic nitrogens is 2. The number of hydrogen-bond donors (Lipinski definition) is 2. The van der Waals surface area contributed by atoms with Gasteiger partial charge in [-0.25, -0.2) is 23.1 Å². The molecule has 27 heavy (non-hydrogen) atoms. The molecule has 7 nitrogen and oxygen atoms in total. The van der Waals surface area contributed by atoms with Crippen molar-refractivity contribution in [2.45, 2.75) is 31.1 Å². The predicted molar refractivity (Wildman–Crippen MR) is 111 cm³/mol. The Morgan fingerprint density at radius 2 is 1.78 bits per heavy atom. The number of sulfonamides is 1. The first-order valence-corrected chi connectivity index (χ1v) is 11.3. The van der Waals surface area contributed by atoms with Crippen LogP contribution in [-0.2, 0) is 10.0 Å². The van der Waals surface area contributed by atoms with Crippen LogP contribution in [0.5, 0.6) is 0 Å². The highest BCUT2D eigenvalue weighted by atomic mass is 79.9. The van der Waals surface area contributed by atoms with Crippen molar-refractivity contribution in [3.63, 3.8) is 0 Å². The normalized spacial score (nSPS) is 15.0. The Labute approximate surface area is 168 Å². The van der Waals surface area contributed by atoms with Crippen molar-refractivity contribution < 1.29 is 8.42 Å². The summed E-state index contributed by atoms with van der Waals surface area (Å²) in [6.45, 7) is 4.60. The SMILES string of the molecule is Cc1nc(NCCNS(=O)(=O)c2ccc(Br)cc2)cc(N2CCCCC2)n1. The van der Waals surface area contributed by atoms with Crippen molar-refractivity contribution >= 4 is 37.6 Å². The van der Waals surface area contributed by atoms with Gasteiger partial charge >= 0.3 is 0 Å². The molecule has 1 aromatic carbocycles. The van der Waals surface area contributed by atoms with E-state index in [0.717, 1.165) is 23.4 Å². The van der Waals surface area contributed by atoms with E-state index in [-0.39, 0.29) is 11.4 Å². The number of nitrogens with one attached hydrogen (secondary N) is 2. The van der Waals surface area contributed by atoms with E-state index >= 15 is 0 Å². The number of piperidine rings is 1. The number of anilines is 2. The summed E-state index contributed by atoms with van der Waals surface area (Å²) in [5.41, 5.74) is 0. The number of rotatable bonds is 7. The predicted octanol–water partition coefficient (Wildman–Crippen LogP) is 2.93. The zero-order valence-electron chi connectivity index (χ0n) is 15.3. The van der Waals surface area contributed by atoms with Gasteiger partial charge in [-0.2, -0.15) is 0 Å². The molecular formula is C18H24BrN5O2S. The van der Waals surface area contributed by atoms with E-state index in [1.54, 1.807) is 24.3 Å². The van der Waals surface area contributed by atoms with Gasteiger partial charge in [0.1, 0.15) is 17.5 Å². The van der Waals surface area contributed by atoms with Crippen molar-refractivity contribution in [3.8, 4) is 0 Å². The molecule has 2 N–H and O–H groups in total. The van der Waals surface area contributed by atoms with Gasteiger partial charge in [0.15, 0.2) is 0 Å². The summed E-state index contributed by atoms with van der Waals surface area (Å²) in [5.74, 6) is 2.35. The van der Waals surface area contributed by atoms with Crippen LogP contribution in [0.2, 0.25) is 0 Å². The molecule has 0 bridgehead atoms. The minimum absolute atomic E-state index is 0.246. The molecule has 2 aromatic rings. The third-order valence-electron chi connectivity index (χ3n) is 4.35. The van der Waals surface area contributed by atoms with E-state index in [4.69, 9.17) is 0 Å². The molecule has 146 valence electrons. The van der Waals surface area contributed by atoms with Crippen LogP contribution in [0.3, 0.4) is 0 Å². The molecule has 0 amide bonds. The quantitative estimate of drug-likeness (QED) is 0.626. The monoisotopic (exact) mass is 453 g/mol. The van der Waals surface area contributed by atoms with Gasteiger partial charge in [-0.1, -0.05) is 15.9 Å². The number of halogens is 1. The molecule has 0 radical (unpaired) electrons. The van der Waals surface area contributed by atoms with E-state index in [1.807, 2.05) is 13.0 Å². The minimum Gasteiger partial charge on any atom is -0.369 e. The maximum atomic E-state index is 12.3. The Bertz CT molecular complexity index is 868. The van der Waals surface area contributed by atoms with Crippen LogP contribution in [0.15, 0.2) is 39.7 Å². The second-order valence-electron chi connectivity index (χ2n) is 6.48. The number of benzene rings is 1. The summed E-state index contributed by atoms with van der Waals surface area (Å²) in [6.07, 6.45) is 3.64. The molecule has 1 aliphatic rings. The van der Waals surface area contributed by atoms with Gasteiger partial charge < -0.3 is 10.2 Å². The summed E-state index contributed by atoms with van der Waals surface area (Å²) < 4.78 is 28.0. The summed E-state index contributed by atoms with van der Waals surface area (Å²) >= 11 is 3.30. The van der Waals surface area contributed by atoms with E-state index in [1.165, 1.54) is 19.3 Å². The van der Waals surface area contributed by atoms with Gasteiger partial charge in [0.2, 0.25) is 10.0 Å². The first kappa shape index (κ1) is 20.0. The zero-order valence-corrected chi connectivity index (χ0v) is 17.7. The molecular weight excluding hydrogens is 430 g/mol. The molecule has 1 saturated heterocycles. The molecule has 1 fully saturated rings. The summed E-state index contributed by atoms with van der Waals surface area (Å²) in [4.78, 5) is 11.5. The second-order valence-corrected chi connectivity index (χ2v) is 9.17. The Morgan fingerprint density at radius 3 is 2.48 bits per heavy atom. The summed E-state index contributed by atoms with van der Waals surface area (Å²) in [6, 6.07) is 8.48. The standard InChI is InChI=1S/C18H24BrN5O2S/c1-14-22-17(13-18(23-14)24-11-3-2-4-12-24)20-9-10-21-27(25,26)16-7-5-15(19)6-8-16/h5-8,13,21H,2-4,9-12H2,1H3,(H,20,22,23). The first-order chi connectivity index (χ1) is 12.9. The topological polar surface area (TPSA) is 87.2 Å². The Morgan fingerprint density at radius 1 is 1.07 bits per heavy atom. The third-order valence-corrected chi connectivity index (χ3v) is 6.36. The zero-order chi connectivity index (χ0) is 19.3. The molecule has 1 aliphatic heterocycles. The van der Waals surface area contributed by atoms with Crippen molar-refractivity contribution in [2.75, 3.05) is 36.4 Å². The fraction of sp³-hybridized carbons (Fsp3) is 0.444. The Hall–Kier alpha value is -1.71. The van der Waals surface area contributed by atoms with Crippen LogP contribution in [0.4, 0.5) is 11.6 Å². The van der Waals surface area contributed by atoms with Gasteiger partial charge in [0.05, 0.1) is 4.90 Å². The lowest BCUT2D eigenvalue weighted by atomic mass is 10.1. The van der Waals surface area contributed by atoms with Crippen LogP contribution in [-0.4, -0.2) is 44.6 Å². The van der Waals surface area contributed by atoms with E-state index in [0.29, 0.717) is 18.2 Å². The average molecular weight is 454 g/mol. The molecule has 0 atom stereocenters. The summed E-state index contributed by atoms with van der Waals surface area (Å²) in [7, 11) is -3.52. The summed E-state index contributed by atoms with van der Waals surface area (Å²) in [5, 5.41) is 3.19. The van der Waals surface area contributed by atoms with Crippen LogP contribution in [0, 0.1) is 6.92 Å². The molecule has 2 heterocycles. The number of nitrogens with zero attached hydrogens (tertiary/aromatic N) is 3. The molecule has 0 spiro atoms. The van der Waals surface area contributed by atoms with Crippen LogP contribution >= 0.6 is 15.9 Å². The first-order valence-electron chi connectivity index (χ1n) is 9.04. The number of aryl methyl sites for hydroxylation is 1. The highest BCUT2D eigenvalue weighted by molar-refractivity contribution is 9.10. The van der Waals surface area contributed by atoms with Crippen LogP contribution in [0.25, 0.3) is 0 Å². The fourth-order valence-corrected chi connectivity index (χ4v) is 4.30. The molecule has 9 heteroatoms. The highest BCUT2D eigenvalue weighted by Crippen LogP contribution is 2.20. The average Bonchev–Trinajstić information content (AvgIpc) is 2.66. The lowest BCUT2D eigenvalue weighted by molar-refractivity contribution is 0.572. The van der Waals surface area contributed by atoms with Crippen LogP contribution in [0.1, 0.15) is 25.1 Å². The second kappa shape index (κ2) is 8.99. The third kappa shape index (κ3) is 5.63. The number of hydrogen-bond acceptors (Lipinski definition) is 6. The maximum Gasteiger partial charge on any atom is 0.240 e. The molecule has 0 unspecified atom stereocenters. The van der Waals surface area contributed by atoms with Crippen molar-refractivity contribution in [2.24, 2.45) is 0 Å². The highest BCUT2D eigenvalue weighted by Gasteiger charge is 2.15. The van der Waals surface area contributed by atoms with E-state index in [9.17, 15) is 8.42 Å². The fourth-order valence-electron chi connectivity index (χ4n) is 3.00. The van der Waals surface area contributed by atoms with Gasteiger partial charge in [0.25, 0.3) is 0 Å². The van der Waals surface area contributed by atoms with Crippen molar-refractivity contribution in [1.82, 2.24) is 14.7 Å². The van der Waals surface area contributed by atoms with Gasteiger partial charge in [-0.05, 0) is 50.5 Å². The lowest BCUT2D eigenvalue weighted by Crippen LogP contribution is -2.31. The largest absolute Gasteiger partial charge is 0.369 e. The maximum absolute atomic E-state index is 12.3. The molecule has 0 saturated carbocycles.